The normalized spacial score (nSPS) is 22.9. The molecule has 2 rings (SSSR count). The molecule has 0 heterocycles. The molecule has 0 aromatic heterocycles. The molecule has 0 amide bonds. The average molecular weight is 247 g/mol. The van der Waals surface area contributed by atoms with Crippen molar-refractivity contribution in [2.45, 2.75) is 26.4 Å². The maximum absolute atomic E-state index is 10.1. The summed E-state index contributed by atoms with van der Waals surface area (Å²) in [6, 6.07) is 1.58. The van der Waals surface area contributed by atoms with Gasteiger partial charge >= 0.3 is 0 Å². The van der Waals surface area contributed by atoms with Crippen molar-refractivity contribution in [3.05, 3.63) is 27.2 Å². The Bertz CT molecular complexity index is 427. The van der Waals surface area contributed by atoms with E-state index >= 15 is 0 Å². The van der Waals surface area contributed by atoms with E-state index in [4.69, 9.17) is 23.2 Å². The number of aliphatic hydroxyl groups excluding tert-OH is 1. The van der Waals surface area contributed by atoms with E-state index in [0.717, 1.165) is 5.56 Å². The first kappa shape index (κ1) is 11.1. The molecular weight excluding hydrogens is 235 g/mol. The van der Waals surface area contributed by atoms with Gasteiger partial charge in [0, 0.05) is 5.56 Å². The summed E-state index contributed by atoms with van der Waals surface area (Å²) in [6.45, 7) is 3.91. The highest BCUT2D eigenvalue weighted by atomic mass is 35.5. The zero-order chi connectivity index (χ0) is 11.4. The number of hydrogen-bond acceptors (Lipinski definition) is 2. The van der Waals surface area contributed by atoms with E-state index in [2.05, 4.69) is 0 Å². The third kappa shape index (κ3) is 1.52. The molecule has 0 saturated carbocycles. The molecule has 1 unspecified atom stereocenters. The number of halogens is 2. The number of aliphatic hydroxyl groups is 1. The summed E-state index contributed by atoms with van der Waals surface area (Å²) in [5, 5.41) is 20.0. The van der Waals surface area contributed by atoms with Gasteiger partial charge in [0.05, 0.1) is 11.1 Å². The molecule has 2 N–H and O–H groups in total. The Balaban J connectivity index is 2.66. The minimum Gasteiger partial charge on any atom is -0.506 e. The van der Waals surface area contributed by atoms with Crippen LogP contribution in [-0.4, -0.2) is 10.2 Å². The number of phenols is 1. The molecule has 1 aromatic carbocycles. The van der Waals surface area contributed by atoms with E-state index in [1.165, 1.54) is 0 Å². The predicted octanol–water partition coefficient (Wildman–Crippen LogP) is 3.31. The maximum Gasteiger partial charge on any atom is 0.135 e. The fourth-order valence-electron chi connectivity index (χ4n) is 2.10. The topological polar surface area (TPSA) is 40.5 Å². The van der Waals surface area contributed by atoms with Crippen LogP contribution in [0.25, 0.3) is 0 Å². The highest BCUT2D eigenvalue weighted by Crippen LogP contribution is 2.51. The quantitative estimate of drug-likeness (QED) is 0.738. The molecule has 1 aliphatic rings. The molecule has 1 aromatic rings. The summed E-state index contributed by atoms with van der Waals surface area (Å²) < 4.78 is 0. The Morgan fingerprint density at radius 1 is 1.33 bits per heavy atom. The van der Waals surface area contributed by atoms with E-state index in [9.17, 15) is 10.2 Å². The van der Waals surface area contributed by atoms with Crippen LogP contribution in [0.15, 0.2) is 6.07 Å². The van der Waals surface area contributed by atoms with Crippen molar-refractivity contribution in [3.8, 4) is 5.75 Å². The Labute approximate surface area is 98.4 Å². The van der Waals surface area contributed by atoms with Gasteiger partial charge in [0.1, 0.15) is 10.8 Å². The zero-order valence-electron chi connectivity index (χ0n) is 8.51. The van der Waals surface area contributed by atoms with Crippen LogP contribution in [0.3, 0.4) is 0 Å². The van der Waals surface area contributed by atoms with Gasteiger partial charge in [-0.3, -0.25) is 0 Å². The number of fused-ring (bicyclic) bond motifs is 1. The molecule has 2 nitrogen and oxygen atoms in total. The van der Waals surface area contributed by atoms with Crippen LogP contribution in [0.1, 0.15) is 31.1 Å². The van der Waals surface area contributed by atoms with Gasteiger partial charge in [0.15, 0.2) is 0 Å². The lowest BCUT2D eigenvalue weighted by atomic mass is 9.87. The van der Waals surface area contributed by atoms with Gasteiger partial charge in [-0.15, -0.1) is 0 Å². The summed E-state index contributed by atoms with van der Waals surface area (Å²) in [4.78, 5) is 0. The lowest BCUT2D eigenvalue weighted by molar-refractivity contribution is 0.0666. The number of hydrogen-bond donors (Lipinski definition) is 2. The first-order valence-electron chi connectivity index (χ1n) is 4.72. The van der Waals surface area contributed by atoms with E-state index in [0.29, 0.717) is 12.0 Å². The van der Waals surface area contributed by atoms with Crippen LogP contribution in [0.4, 0.5) is 0 Å². The van der Waals surface area contributed by atoms with Gasteiger partial charge in [0.25, 0.3) is 0 Å². The minimum absolute atomic E-state index is 0.0229. The fourth-order valence-corrected chi connectivity index (χ4v) is 2.58. The predicted molar refractivity (Wildman–Crippen MR) is 60.6 cm³/mol. The standard InChI is InChI=1S/C11H12Cl2O2/c1-11(2)4-5-3-6(14)8(12)9(13)7(5)10(11)15/h3,10,14-15H,4H2,1-2H3. The van der Waals surface area contributed by atoms with Crippen molar-refractivity contribution in [2.24, 2.45) is 5.41 Å². The SMILES string of the molecule is CC1(C)Cc2cc(O)c(Cl)c(Cl)c2C1O. The van der Waals surface area contributed by atoms with E-state index in [-0.39, 0.29) is 21.2 Å². The first-order chi connectivity index (χ1) is 6.84. The third-order valence-electron chi connectivity index (χ3n) is 2.97. The third-order valence-corrected chi connectivity index (χ3v) is 3.84. The van der Waals surface area contributed by atoms with Crippen LogP contribution in [0, 0.1) is 5.41 Å². The molecule has 0 aliphatic heterocycles. The Morgan fingerprint density at radius 2 is 1.93 bits per heavy atom. The summed E-state index contributed by atoms with van der Waals surface area (Å²) in [7, 11) is 0. The number of rotatable bonds is 0. The van der Waals surface area contributed by atoms with E-state index < -0.39 is 6.10 Å². The highest BCUT2D eigenvalue weighted by molar-refractivity contribution is 6.43. The van der Waals surface area contributed by atoms with Crippen LogP contribution in [0.5, 0.6) is 5.75 Å². The summed E-state index contributed by atoms with van der Waals surface area (Å²) in [5.41, 5.74) is 1.27. The van der Waals surface area contributed by atoms with Gasteiger partial charge < -0.3 is 10.2 Å². The van der Waals surface area contributed by atoms with Gasteiger partial charge in [-0.25, -0.2) is 0 Å². The second-order valence-corrected chi connectivity index (χ2v) is 5.42. The summed E-state index contributed by atoms with van der Waals surface area (Å²) in [6.07, 6.45) is 0.0617. The van der Waals surface area contributed by atoms with Crippen LogP contribution in [-0.2, 0) is 6.42 Å². The lowest BCUT2D eigenvalue weighted by Crippen LogP contribution is -2.16. The Hall–Kier alpha value is -0.440. The van der Waals surface area contributed by atoms with Crippen molar-refractivity contribution >= 4 is 23.2 Å². The second kappa shape index (κ2) is 3.27. The maximum atomic E-state index is 10.1. The smallest absolute Gasteiger partial charge is 0.135 e. The number of benzene rings is 1. The highest BCUT2D eigenvalue weighted by Gasteiger charge is 2.40. The van der Waals surface area contributed by atoms with Crippen molar-refractivity contribution in [1.82, 2.24) is 0 Å². The largest absolute Gasteiger partial charge is 0.506 e. The number of phenolic OH excluding ortho intramolecular Hbond substituents is 1. The molecule has 1 atom stereocenters. The molecule has 0 radical (unpaired) electrons. The summed E-state index contributed by atoms with van der Waals surface area (Å²) in [5.74, 6) is -0.0229. The monoisotopic (exact) mass is 246 g/mol. The fraction of sp³-hybridized carbons (Fsp3) is 0.455. The molecule has 1 aliphatic carbocycles. The van der Waals surface area contributed by atoms with E-state index in [1.54, 1.807) is 6.07 Å². The van der Waals surface area contributed by atoms with Gasteiger partial charge in [-0.2, -0.15) is 0 Å². The zero-order valence-corrected chi connectivity index (χ0v) is 10.0. The molecule has 4 heteroatoms. The summed E-state index contributed by atoms with van der Waals surface area (Å²) >= 11 is 11.8. The van der Waals surface area contributed by atoms with Crippen molar-refractivity contribution in [1.29, 1.82) is 0 Å². The van der Waals surface area contributed by atoms with Crippen molar-refractivity contribution in [3.63, 3.8) is 0 Å². The van der Waals surface area contributed by atoms with Gasteiger partial charge in [-0.1, -0.05) is 37.0 Å². The Kier molecular flexibility index (Phi) is 2.41. The second-order valence-electron chi connectivity index (χ2n) is 4.66. The van der Waals surface area contributed by atoms with Crippen LogP contribution in [0.2, 0.25) is 10.0 Å². The minimum atomic E-state index is -0.627. The molecule has 15 heavy (non-hydrogen) atoms. The van der Waals surface area contributed by atoms with Crippen molar-refractivity contribution < 1.29 is 10.2 Å². The molecule has 0 fully saturated rings. The molecular formula is C11H12Cl2O2. The molecule has 82 valence electrons. The van der Waals surface area contributed by atoms with Gasteiger partial charge in [0.2, 0.25) is 0 Å². The number of aromatic hydroxyl groups is 1. The van der Waals surface area contributed by atoms with Crippen molar-refractivity contribution in [2.75, 3.05) is 0 Å². The van der Waals surface area contributed by atoms with E-state index in [1.807, 2.05) is 13.8 Å². The lowest BCUT2D eigenvalue weighted by Gasteiger charge is -2.22. The Morgan fingerprint density at radius 3 is 2.53 bits per heavy atom. The first-order valence-corrected chi connectivity index (χ1v) is 5.48. The molecule has 0 spiro atoms. The van der Waals surface area contributed by atoms with Crippen LogP contribution < -0.4 is 0 Å². The molecule has 0 saturated heterocycles. The molecule has 0 bridgehead atoms. The average Bonchev–Trinajstić information content (AvgIpc) is 2.34. The van der Waals surface area contributed by atoms with Gasteiger partial charge in [-0.05, 0) is 23.5 Å². The van der Waals surface area contributed by atoms with Crippen LogP contribution >= 0.6 is 23.2 Å².